The van der Waals surface area contributed by atoms with Gasteiger partial charge in [0, 0.05) is 5.39 Å². The van der Waals surface area contributed by atoms with Gasteiger partial charge in [-0.1, -0.05) is 30.3 Å². The third-order valence-electron chi connectivity index (χ3n) is 3.23. The Bertz CT molecular complexity index is 874. The van der Waals surface area contributed by atoms with Gasteiger partial charge in [-0.25, -0.2) is 4.79 Å². The van der Waals surface area contributed by atoms with Crippen molar-refractivity contribution in [2.75, 3.05) is 0 Å². The lowest BCUT2D eigenvalue weighted by molar-refractivity contribution is 0.0694. The lowest BCUT2D eigenvalue weighted by Gasteiger charge is -2.05. The number of hydrogen-bond acceptors (Lipinski definition) is 4. The van der Waals surface area contributed by atoms with Gasteiger partial charge in [0.2, 0.25) is 0 Å². The summed E-state index contributed by atoms with van der Waals surface area (Å²) in [6.45, 7) is 0. The summed E-state index contributed by atoms with van der Waals surface area (Å²) < 4.78 is 0. The fourth-order valence-electron chi connectivity index (χ4n) is 2.16. The molecule has 0 amide bonds. The minimum absolute atomic E-state index is 0.135. The monoisotopic (exact) mass is 292 g/mol. The van der Waals surface area contributed by atoms with Gasteiger partial charge < -0.3 is 10.2 Å². The molecule has 108 valence electrons. The number of phenols is 1. The highest BCUT2D eigenvalue weighted by atomic mass is 16.4. The van der Waals surface area contributed by atoms with Crippen molar-refractivity contribution >= 4 is 28.1 Å². The van der Waals surface area contributed by atoms with Gasteiger partial charge in [0.05, 0.1) is 11.4 Å². The SMILES string of the molecule is O=C(O)c1cc2cccc(N=Nc3ccccc3)c2cc1O. The number of rotatable bonds is 3. The minimum Gasteiger partial charge on any atom is -0.507 e. The lowest BCUT2D eigenvalue weighted by Crippen LogP contribution is -1.96. The molecule has 0 unspecified atom stereocenters. The van der Waals surface area contributed by atoms with Crippen molar-refractivity contribution in [2.24, 2.45) is 10.2 Å². The zero-order valence-electron chi connectivity index (χ0n) is 11.5. The summed E-state index contributed by atoms with van der Waals surface area (Å²) in [7, 11) is 0. The highest BCUT2D eigenvalue weighted by Crippen LogP contribution is 2.32. The number of aromatic hydroxyl groups is 1. The maximum atomic E-state index is 11.1. The standard InChI is InChI=1S/C17H12N2O3/c20-16-10-13-11(9-14(16)17(21)22)5-4-8-15(13)19-18-12-6-2-1-3-7-12/h1-10,20H,(H,21,22). The Morgan fingerprint density at radius 3 is 2.41 bits per heavy atom. The summed E-state index contributed by atoms with van der Waals surface area (Å²) in [5, 5.41) is 28.5. The molecule has 0 aromatic heterocycles. The van der Waals surface area contributed by atoms with Gasteiger partial charge in [-0.3, -0.25) is 0 Å². The van der Waals surface area contributed by atoms with Crippen LogP contribution in [0.3, 0.4) is 0 Å². The quantitative estimate of drug-likeness (QED) is 0.689. The van der Waals surface area contributed by atoms with E-state index in [0.717, 1.165) is 0 Å². The largest absolute Gasteiger partial charge is 0.507 e. The first-order chi connectivity index (χ1) is 10.6. The van der Waals surface area contributed by atoms with E-state index in [1.54, 1.807) is 18.2 Å². The van der Waals surface area contributed by atoms with Crippen LogP contribution in [0.5, 0.6) is 5.75 Å². The molecule has 0 radical (unpaired) electrons. The molecule has 3 rings (SSSR count). The van der Waals surface area contributed by atoms with Crippen molar-refractivity contribution in [1.29, 1.82) is 0 Å². The molecule has 0 fully saturated rings. The summed E-state index contributed by atoms with van der Waals surface area (Å²) in [6.07, 6.45) is 0. The van der Waals surface area contributed by atoms with Crippen molar-refractivity contribution in [2.45, 2.75) is 0 Å². The van der Waals surface area contributed by atoms with Crippen LogP contribution in [0.25, 0.3) is 10.8 Å². The Labute approximate surface area is 126 Å². The zero-order valence-corrected chi connectivity index (χ0v) is 11.5. The van der Waals surface area contributed by atoms with Crippen LogP contribution in [-0.4, -0.2) is 16.2 Å². The van der Waals surface area contributed by atoms with Crippen LogP contribution in [0.2, 0.25) is 0 Å². The second kappa shape index (κ2) is 5.65. The summed E-state index contributed by atoms with van der Waals surface area (Å²) >= 11 is 0. The van der Waals surface area contributed by atoms with E-state index in [9.17, 15) is 9.90 Å². The normalized spacial score (nSPS) is 11.1. The van der Waals surface area contributed by atoms with E-state index in [-0.39, 0.29) is 11.3 Å². The number of fused-ring (bicyclic) bond motifs is 1. The van der Waals surface area contributed by atoms with Gasteiger partial charge in [-0.05, 0) is 35.7 Å². The number of carbonyl (C=O) groups is 1. The Kier molecular flexibility index (Phi) is 3.53. The summed E-state index contributed by atoms with van der Waals surface area (Å²) in [5.74, 6) is -1.46. The van der Waals surface area contributed by atoms with Crippen LogP contribution < -0.4 is 0 Å². The Morgan fingerprint density at radius 2 is 1.68 bits per heavy atom. The van der Waals surface area contributed by atoms with Crippen molar-refractivity contribution in [3.8, 4) is 5.75 Å². The maximum Gasteiger partial charge on any atom is 0.339 e. The fraction of sp³-hybridized carbons (Fsp3) is 0. The number of carboxylic acid groups (broad SMARTS) is 1. The molecule has 0 aliphatic rings. The third kappa shape index (κ3) is 2.64. The minimum atomic E-state index is -1.17. The van der Waals surface area contributed by atoms with E-state index < -0.39 is 5.97 Å². The van der Waals surface area contributed by atoms with Gasteiger partial charge in [0.15, 0.2) is 0 Å². The molecule has 2 N–H and O–H groups in total. The molecule has 22 heavy (non-hydrogen) atoms. The first kappa shape index (κ1) is 13.8. The molecule has 0 spiro atoms. The average Bonchev–Trinajstić information content (AvgIpc) is 2.53. The third-order valence-corrected chi connectivity index (χ3v) is 3.23. The molecule has 3 aromatic carbocycles. The van der Waals surface area contributed by atoms with Crippen LogP contribution in [0.1, 0.15) is 10.4 Å². The van der Waals surface area contributed by atoms with Gasteiger partial charge >= 0.3 is 5.97 Å². The van der Waals surface area contributed by atoms with Gasteiger partial charge in [-0.2, -0.15) is 5.11 Å². The Morgan fingerprint density at radius 1 is 0.909 bits per heavy atom. The predicted octanol–water partition coefficient (Wildman–Crippen LogP) is 4.66. The van der Waals surface area contributed by atoms with E-state index in [4.69, 9.17) is 5.11 Å². The van der Waals surface area contributed by atoms with Gasteiger partial charge in [-0.15, -0.1) is 5.11 Å². The second-order valence-corrected chi connectivity index (χ2v) is 4.71. The van der Waals surface area contributed by atoms with Crippen molar-refractivity contribution in [3.63, 3.8) is 0 Å². The highest BCUT2D eigenvalue weighted by molar-refractivity contribution is 6.01. The highest BCUT2D eigenvalue weighted by Gasteiger charge is 2.12. The molecule has 3 aromatic rings. The van der Waals surface area contributed by atoms with E-state index in [1.807, 2.05) is 30.3 Å². The molecule has 0 heterocycles. The topological polar surface area (TPSA) is 82.2 Å². The van der Waals surface area contributed by atoms with Crippen LogP contribution >= 0.6 is 0 Å². The van der Waals surface area contributed by atoms with E-state index >= 15 is 0 Å². The molecule has 0 aliphatic carbocycles. The van der Waals surface area contributed by atoms with Crippen LogP contribution in [0.4, 0.5) is 11.4 Å². The van der Waals surface area contributed by atoms with Crippen LogP contribution in [-0.2, 0) is 0 Å². The molecule has 0 saturated carbocycles. The number of hydrogen-bond donors (Lipinski definition) is 2. The zero-order chi connectivity index (χ0) is 15.5. The van der Waals surface area contributed by atoms with Crippen molar-refractivity contribution < 1.29 is 15.0 Å². The first-order valence-corrected chi connectivity index (χ1v) is 6.61. The number of carboxylic acids is 1. The van der Waals surface area contributed by atoms with E-state index in [1.165, 1.54) is 12.1 Å². The van der Waals surface area contributed by atoms with Crippen LogP contribution in [0.15, 0.2) is 70.9 Å². The lowest BCUT2D eigenvalue weighted by atomic mass is 10.0. The first-order valence-electron chi connectivity index (χ1n) is 6.61. The van der Waals surface area contributed by atoms with E-state index in [2.05, 4.69) is 10.2 Å². The second-order valence-electron chi connectivity index (χ2n) is 4.71. The van der Waals surface area contributed by atoms with E-state index in [0.29, 0.717) is 22.1 Å². The average molecular weight is 292 g/mol. The molecular formula is C17H12N2O3. The van der Waals surface area contributed by atoms with Crippen molar-refractivity contribution in [3.05, 3.63) is 66.2 Å². The number of benzene rings is 3. The number of azo groups is 1. The Hall–Kier alpha value is -3.21. The summed E-state index contributed by atoms with van der Waals surface area (Å²) in [6, 6.07) is 17.4. The number of nitrogens with zero attached hydrogens (tertiary/aromatic N) is 2. The van der Waals surface area contributed by atoms with Crippen LogP contribution in [0, 0.1) is 0 Å². The fourth-order valence-corrected chi connectivity index (χ4v) is 2.16. The molecule has 0 aliphatic heterocycles. The Balaban J connectivity index is 2.09. The molecule has 0 bridgehead atoms. The predicted molar refractivity (Wildman–Crippen MR) is 83.2 cm³/mol. The molecule has 5 heteroatoms. The maximum absolute atomic E-state index is 11.1. The van der Waals surface area contributed by atoms with Gasteiger partial charge in [0.25, 0.3) is 0 Å². The summed E-state index contributed by atoms with van der Waals surface area (Å²) in [5.41, 5.74) is 1.14. The molecule has 5 nitrogen and oxygen atoms in total. The van der Waals surface area contributed by atoms with Crippen molar-refractivity contribution in [1.82, 2.24) is 0 Å². The molecule has 0 atom stereocenters. The smallest absolute Gasteiger partial charge is 0.339 e. The number of aromatic carboxylic acids is 1. The van der Waals surface area contributed by atoms with Gasteiger partial charge in [0.1, 0.15) is 11.3 Å². The molecular weight excluding hydrogens is 280 g/mol. The molecule has 0 saturated heterocycles. The summed E-state index contributed by atoms with van der Waals surface area (Å²) in [4.78, 5) is 11.1.